The van der Waals surface area contributed by atoms with Gasteiger partial charge in [-0.05, 0) is 31.0 Å². The smallest absolute Gasteiger partial charge is 0.299 e. The van der Waals surface area contributed by atoms with Crippen molar-refractivity contribution in [1.82, 2.24) is 0 Å². The predicted octanol–water partition coefficient (Wildman–Crippen LogP) is 2.12. The quantitative estimate of drug-likeness (QED) is 0.632. The summed E-state index contributed by atoms with van der Waals surface area (Å²) in [7, 11) is 1.60. The Hall–Kier alpha value is -1.35. The average Bonchev–Trinajstić information content (AvgIpc) is 2.40. The SMILES string of the molecule is Cc1c(Cl)cc2c(c1C)N(C)C(=O)C2=O. The van der Waals surface area contributed by atoms with Crippen molar-refractivity contribution in [3.63, 3.8) is 0 Å². The molecule has 0 radical (unpaired) electrons. The maximum atomic E-state index is 11.6. The lowest BCUT2D eigenvalue weighted by Crippen LogP contribution is -2.25. The molecule has 0 saturated carbocycles. The molecule has 1 aromatic rings. The molecule has 2 rings (SSSR count). The van der Waals surface area contributed by atoms with Crippen LogP contribution in [0, 0.1) is 13.8 Å². The summed E-state index contributed by atoms with van der Waals surface area (Å²) in [6.07, 6.45) is 0. The van der Waals surface area contributed by atoms with Gasteiger partial charge in [-0.2, -0.15) is 0 Å². The van der Waals surface area contributed by atoms with E-state index in [1.807, 2.05) is 13.8 Å². The number of rotatable bonds is 0. The third kappa shape index (κ3) is 1.20. The molecule has 0 aliphatic carbocycles. The second-order valence-electron chi connectivity index (χ2n) is 3.70. The minimum absolute atomic E-state index is 0.413. The van der Waals surface area contributed by atoms with Gasteiger partial charge in [0.2, 0.25) is 0 Å². The van der Waals surface area contributed by atoms with Crippen LogP contribution in [0.25, 0.3) is 0 Å². The lowest BCUT2D eigenvalue weighted by molar-refractivity contribution is -0.114. The first-order valence-electron chi connectivity index (χ1n) is 4.57. The van der Waals surface area contributed by atoms with Gasteiger partial charge in [0, 0.05) is 12.1 Å². The van der Waals surface area contributed by atoms with E-state index in [4.69, 9.17) is 11.6 Å². The summed E-state index contributed by atoms with van der Waals surface area (Å²) >= 11 is 5.98. The van der Waals surface area contributed by atoms with Crippen molar-refractivity contribution in [2.24, 2.45) is 0 Å². The zero-order chi connectivity index (χ0) is 11.3. The zero-order valence-electron chi connectivity index (χ0n) is 8.72. The number of benzene rings is 1. The Kier molecular flexibility index (Phi) is 2.08. The number of carbonyl (C=O) groups is 2. The monoisotopic (exact) mass is 223 g/mol. The van der Waals surface area contributed by atoms with E-state index < -0.39 is 11.7 Å². The second kappa shape index (κ2) is 3.07. The standard InChI is InChI=1S/C11H10ClNO2/c1-5-6(2)9-7(4-8(5)12)10(14)11(15)13(9)3/h4H,1-3H3. The van der Waals surface area contributed by atoms with Crippen LogP contribution < -0.4 is 4.90 Å². The first kappa shape index (κ1) is 10.2. The van der Waals surface area contributed by atoms with Crippen LogP contribution in [0.5, 0.6) is 0 Å². The normalized spacial score (nSPS) is 14.8. The highest BCUT2D eigenvalue weighted by molar-refractivity contribution is 6.52. The molecule has 15 heavy (non-hydrogen) atoms. The largest absolute Gasteiger partial charge is 0.308 e. The molecule has 1 aliphatic rings. The van der Waals surface area contributed by atoms with Crippen molar-refractivity contribution in [2.45, 2.75) is 13.8 Å². The Morgan fingerprint density at radius 1 is 1.20 bits per heavy atom. The van der Waals surface area contributed by atoms with E-state index in [-0.39, 0.29) is 0 Å². The molecule has 0 N–H and O–H groups in total. The summed E-state index contributed by atoms with van der Waals surface area (Å²) < 4.78 is 0. The lowest BCUT2D eigenvalue weighted by Gasteiger charge is -2.14. The molecule has 0 atom stereocenters. The summed E-state index contributed by atoms with van der Waals surface area (Å²) in [6, 6.07) is 1.57. The third-order valence-electron chi connectivity index (χ3n) is 2.88. The van der Waals surface area contributed by atoms with Crippen molar-refractivity contribution in [1.29, 1.82) is 0 Å². The number of hydrogen-bond donors (Lipinski definition) is 0. The number of fused-ring (bicyclic) bond motifs is 1. The van der Waals surface area contributed by atoms with Crippen molar-refractivity contribution in [2.75, 3.05) is 11.9 Å². The topological polar surface area (TPSA) is 37.4 Å². The number of anilines is 1. The van der Waals surface area contributed by atoms with Gasteiger partial charge >= 0.3 is 0 Å². The summed E-state index contributed by atoms with van der Waals surface area (Å²) in [5.74, 6) is -0.965. The fourth-order valence-electron chi connectivity index (χ4n) is 1.84. The van der Waals surface area contributed by atoms with Gasteiger partial charge in [0.15, 0.2) is 0 Å². The number of Topliss-reactive ketones (excluding diaryl/α,β-unsaturated/α-hetero) is 1. The molecule has 4 heteroatoms. The van der Waals surface area contributed by atoms with E-state index in [9.17, 15) is 9.59 Å². The summed E-state index contributed by atoms with van der Waals surface area (Å²) in [6.45, 7) is 3.74. The number of hydrogen-bond acceptors (Lipinski definition) is 2. The first-order valence-corrected chi connectivity index (χ1v) is 4.95. The molecule has 3 nitrogen and oxygen atoms in total. The van der Waals surface area contributed by atoms with Gasteiger partial charge in [0.05, 0.1) is 11.3 Å². The van der Waals surface area contributed by atoms with E-state index in [0.29, 0.717) is 16.3 Å². The Balaban J connectivity index is 2.81. The fourth-order valence-corrected chi connectivity index (χ4v) is 2.09. The number of halogens is 1. The molecule has 1 aromatic carbocycles. The van der Waals surface area contributed by atoms with E-state index in [2.05, 4.69) is 0 Å². The van der Waals surface area contributed by atoms with Crippen LogP contribution in [-0.2, 0) is 4.79 Å². The maximum Gasteiger partial charge on any atom is 0.299 e. The van der Waals surface area contributed by atoms with Gasteiger partial charge in [-0.25, -0.2) is 0 Å². The van der Waals surface area contributed by atoms with Gasteiger partial charge in [-0.15, -0.1) is 0 Å². The van der Waals surface area contributed by atoms with Crippen LogP contribution in [0.2, 0.25) is 5.02 Å². The molecule has 1 aliphatic heterocycles. The predicted molar refractivity (Wildman–Crippen MR) is 58.7 cm³/mol. The maximum absolute atomic E-state index is 11.6. The highest BCUT2D eigenvalue weighted by Crippen LogP contribution is 2.36. The van der Waals surface area contributed by atoms with Gasteiger partial charge < -0.3 is 4.90 Å². The average molecular weight is 224 g/mol. The van der Waals surface area contributed by atoms with E-state index >= 15 is 0 Å². The van der Waals surface area contributed by atoms with Crippen LogP contribution in [0.3, 0.4) is 0 Å². The Morgan fingerprint density at radius 2 is 1.80 bits per heavy atom. The van der Waals surface area contributed by atoms with Gasteiger partial charge in [-0.1, -0.05) is 11.6 Å². The number of nitrogens with zero attached hydrogens (tertiary/aromatic N) is 1. The van der Waals surface area contributed by atoms with E-state index in [1.165, 1.54) is 4.90 Å². The van der Waals surface area contributed by atoms with E-state index in [1.54, 1.807) is 13.1 Å². The van der Waals surface area contributed by atoms with Crippen LogP contribution in [0.4, 0.5) is 5.69 Å². The Labute approximate surface area is 92.6 Å². The number of likely N-dealkylation sites (N-methyl/N-ethyl adjacent to an activating group) is 1. The molecule has 0 spiro atoms. The van der Waals surface area contributed by atoms with Crippen LogP contribution in [0.1, 0.15) is 21.5 Å². The van der Waals surface area contributed by atoms with Gasteiger partial charge in [0.25, 0.3) is 11.7 Å². The summed E-state index contributed by atoms with van der Waals surface area (Å²) in [4.78, 5) is 24.4. The van der Waals surface area contributed by atoms with Crippen molar-refractivity contribution in [3.05, 3.63) is 27.8 Å². The molecule has 0 unspecified atom stereocenters. The molecule has 0 saturated heterocycles. The van der Waals surface area contributed by atoms with Crippen LogP contribution in [-0.4, -0.2) is 18.7 Å². The highest BCUT2D eigenvalue weighted by atomic mass is 35.5. The van der Waals surface area contributed by atoms with Crippen molar-refractivity contribution >= 4 is 29.0 Å². The molecule has 0 aromatic heterocycles. The van der Waals surface area contributed by atoms with Crippen molar-refractivity contribution in [3.8, 4) is 0 Å². The number of carbonyl (C=O) groups excluding carboxylic acids is 2. The number of amides is 1. The molecule has 78 valence electrons. The summed E-state index contributed by atoms with van der Waals surface area (Å²) in [5, 5.41) is 0.530. The zero-order valence-corrected chi connectivity index (χ0v) is 9.47. The second-order valence-corrected chi connectivity index (χ2v) is 4.11. The lowest BCUT2D eigenvalue weighted by atomic mass is 10.0. The summed E-state index contributed by atoms with van der Waals surface area (Å²) in [5.41, 5.74) is 2.89. The number of ketones is 1. The molecule has 1 amide bonds. The van der Waals surface area contributed by atoms with Crippen LogP contribution >= 0.6 is 11.6 Å². The van der Waals surface area contributed by atoms with Crippen molar-refractivity contribution < 1.29 is 9.59 Å². The molecule has 1 heterocycles. The minimum atomic E-state index is -0.491. The van der Waals surface area contributed by atoms with Gasteiger partial charge in [0.1, 0.15) is 0 Å². The highest BCUT2D eigenvalue weighted by Gasteiger charge is 2.35. The molecule has 0 bridgehead atoms. The molecular formula is C11H10ClNO2. The Morgan fingerprint density at radius 3 is 2.40 bits per heavy atom. The van der Waals surface area contributed by atoms with E-state index in [0.717, 1.165) is 11.1 Å². The third-order valence-corrected chi connectivity index (χ3v) is 3.27. The molecule has 0 fully saturated rings. The van der Waals surface area contributed by atoms with Gasteiger partial charge in [-0.3, -0.25) is 9.59 Å². The minimum Gasteiger partial charge on any atom is -0.308 e. The fraction of sp³-hybridized carbons (Fsp3) is 0.273. The van der Waals surface area contributed by atoms with Crippen LogP contribution in [0.15, 0.2) is 6.07 Å². The Bertz CT molecular complexity index is 494. The first-order chi connectivity index (χ1) is 6.95. The molecular weight excluding hydrogens is 214 g/mol.